The Hall–Kier alpha value is -1.03. The Morgan fingerprint density at radius 2 is 2.17 bits per heavy atom. The molecule has 0 aliphatic rings. The molecule has 0 aromatic carbocycles. The fourth-order valence-electron chi connectivity index (χ4n) is 0.690. The van der Waals surface area contributed by atoms with Gasteiger partial charge >= 0.3 is 5.97 Å². The number of carboxylic acid groups (broad SMARTS) is 1. The first-order chi connectivity index (χ1) is 5.48. The summed E-state index contributed by atoms with van der Waals surface area (Å²) in [7, 11) is 0. The van der Waals surface area contributed by atoms with Crippen LogP contribution in [-0.4, -0.2) is 28.3 Å². The summed E-state index contributed by atoms with van der Waals surface area (Å²) in [5, 5.41) is 19.8. The van der Waals surface area contributed by atoms with E-state index in [0.717, 1.165) is 6.08 Å². The first-order valence-electron chi connectivity index (χ1n) is 3.76. The van der Waals surface area contributed by atoms with Crippen molar-refractivity contribution in [2.45, 2.75) is 25.8 Å². The highest BCUT2D eigenvalue weighted by Crippen LogP contribution is 2.06. The first-order valence-corrected chi connectivity index (χ1v) is 3.76. The molecule has 70 valence electrons. The summed E-state index contributed by atoms with van der Waals surface area (Å²) in [6.45, 7) is 3.85. The largest absolute Gasteiger partial charge is 0.478 e. The number of hydrogen-bond donors (Lipinski definition) is 3. The summed E-state index contributed by atoms with van der Waals surface area (Å²) < 4.78 is 0. The maximum Gasteiger partial charge on any atom is 0.329 e. The molecule has 0 aromatic heterocycles. The predicted molar refractivity (Wildman–Crippen MR) is 45.7 cm³/mol. The topological polar surface area (TPSA) is 69.6 Å². The van der Waals surface area contributed by atoms with E-state index in [4.69, 9.17) is 10.2 Å². The molecule has 0 heterocycles. The van der Waals surface area contributed by atoms with Crippen LogP contribution in [0.5, 0.6) is 0 Å². The SMILES string of the molecule is CC(C)(CCO)N/C=C/C(=O)O. The Balaban J connectivity index is 3.82. The highest BCUT2D eigenvalue weighted by Gasteiger charge is 2.13. The minimum absolute atomic E-state index is 0.0842. The molecule has 4 nitrogen and oxygen atoms in total. The van der Waals surface area contributed by atoms with Gasteiger partial charge in [0.2, 0.25) is 0 Å². The number of carboxylic acids is 1. The van der Waals surface area contributed by atoms with Gasteiger partial charge in [-0.15, -0.1) is 0 Å². The molecule has 0 atom stereocenters. The van der Waals surface area contributed by atoms with Gasteiger partial charge in [-0.2, -0.15) is 0 Å². The van der Waals surface area contributed by atoms with Crippen LogP contribution in [0.4, 0.5) is 0 Å². The average molecular weight is 173 g/mol. The molecule has 0 amide bonds. The molecule has 0 unspecified atom stereocenters. The minimum atomic E-state index is -0.984. The lowest BCUT2D eigenvalue weighted by atomic mass is 10.0. The van der Waals surface area contributed by atoms with Crippen LogP contribution < -0.4 is 5.32 Å². The standard InChI is InChI=1S/C8H15NO3/c1-8(2,4-6-10)9-5-3-7(11)12/h3,5,9-10H,4,6H2,1-2H3,(H,11,12)/b5-3+. The van der Waals surface area contributed by atoms with Gasteiger partial charge < -0.3 is 15.5 Å². The number of aliphatic carboxylic acids is 1. The van der Waals surface area contributed by atoms with E-state index in [1.807, 2.05) is 13.8 Å². The van der Waals surface area contributed by atoms with Crippen molar-refractivity contribution in [3.8, 4) is 0 Å². The molecule has 0 aliphatic carbocycles. The monoisotopic (exact) mass is 173 g/mol. The van der Waals surface area contributed by atoms with Gasteiger partial charge in [-0.3, -0.25) is 0 Å². The third kappa shape index (κ3) is 5.73. The zero-order valence-corrected chi connectivity index (χ0v) is 7.37. The highest BCUT2D eigenvalue weighted by molar-refractivity contribution is 5.79. The van der Waals surface area contributed by atoms with E-state index in [2.05, 4.69) is 5.32 Å². The minimum Gasteiger partial charge on any atom is -0.478 e. The van der Waals surface area contributed by atoms with E-state index in [1.54, 1.807) is 0 Å². The fraction of sp³-hybridized carbons (Fsp3) is 0.625. The summed E-state index contributed by atoms with van der Waals surface area (Å²) in [4.78, 5) is 10.1. The van der Waals surface area contributed by atoms with Crippen molar-refractivity contribution in [3.05, 3.63) is 12.3 Å². The Morgan fingerprint density at radius 1 is 1.58 bits per heavy atom. The number of aliphatic hydroxyl groups is 1. The molecule has 0 aromatic rings. The van der Waals surface area contributed by atoms with Crippen molar-refractivity contribution >= 4 is 5.97 Å². The predicted octanol–water partition coefficient (Wildman–Crippen LogP) is 0.335. The molecule has 0 saturated carbocycles. The van der Waals surface area contributed by atoms with Crippen molar-refractivity contribution < 1.29 is 15.0 Å². The number of carbonyl (C=O) groups is 1. The Bertz CT molecular complexity index is 175. The van der Waals surface area contributed by atoms with Crippen molar-refractivity contribution in [3.63, 3.8) is 0 Å². The third-order valence-electron chi connectivity index (χ3n) is 1.44. The van der Waals surface area contributed by atoms with Crippen molar-refractivity contribution in [2.75, 3.05) is 6.61 Å². The van der Waals surface area contributed by atoms with Crippen molar-refractivity contribution in [1.29, 1.82) is 0 Å². The van der Waals surface area contributed by atoms with E-state index in [9.17, 15) is 4.79 Å². The Morgan fingerprint density at radius 3 is 2.58 bits per heavy atom. The van der Waals surface area contributed by atoms with E-state index in [0.29, 0.717) is 6.42 Å². The van der Waals surface area contributed by atoms with Gasteiger partial charge in [-0.05, 0) is 20.3 Å². The van der Waals surface area contributed by atoms with E-state index in [1.165, 1.54) is 6.20 Å². The Labute approximate surface area is 71.9 Å². The molecule has 0 radical (unpaired) electrons. The van der Waals surface area contributed by atoms with Crippen LogP contribution in [0.15, 0.2) is 12.3 Å². The van der Waals surface area contributed by atoms with E-state index >= 15 is 0 Å². The second-order valence-electron chi connectivity index (χ2n) is 3.17. The van der Waals surface area contributed by atoms with Crippen LogP contribution in [-0.2, 0) is 4.79 Å². The summed E-state index contributed by atoms with van der Waals surface area (Å²) in [5.74, 6) is -0.984. The third-order valence-corrected chi connectivity index (χ3v) is 1.44. The van der Waals surface area contributed by atoms with Gasteiger partial charge in [-0.25, -0.2) is 4.79 Å². The number of aliphatic hydroxyl groups excluding tert-OH is 1. The smallest absolute Gasteiger partial charge is 0.329 e. The van der Waals surface area contributed by atoms with Crippen LogP contribution >= 0.6 is 0 Å². The fourth-order valence-corrected chi connectivity index (χ4v) is 0.690. The van der Waals surface area contributed by atoms with Crippen molar-refractivity contribution in [2.24, 2.45) is 0 Å². The quantitative estimate of drug-likeness (QED) is 0.524. The van der Waals surface area contributed by atoms with Gasteiger partial charge in [0.25, 0.3) is 0 Å². The molecular formula is C8H15NO3. The second kappa shape index (κ2) is 4.77. The van der Waals surface area contributed by atoms with Crippen LogP contribution in [0.2, 0.25) is 0 Å². The van der Waals surface area contributed by atoms with Gasteiger partial charge in [0.15, 0.2) is 0 Å². The van der Waals surface area contributed by atoms with Gasteiger partial charge in [0.05, 0.1) is 0 Å². The van der Waals surface area contributed by atoms with E-state index in [-0.39, 0.29) is 12.1 Å². The van der Waals surface area contributed by atoms with E-state index < -0.39 is 5.97 Å². The molecule has 0 aliphatic heterocycles. The van der Waals surface area contributed by atoms with Gasteiger partial charge in [0.1, 0.15) is 0 Å². The lowest BCUT2D eigenvalue weighted by Gasteiger charge is -2.23. The Kier molecular flexibility index (Phi) is 4.36. The van der Waals surface area contributed by atoms with Crippen molar-refractivity contribution in [1.82, 2.24) is 5.32 Å². The normalized spacial score (nSPS) is 11.9. The van der Waals surface area contributed by atoms with Gasteiger partial charge in [-0.1, -0.05) is 0 Å². The van der Waals surface area contributed by atoms with Crippen LogP contribution in [0.3, 0.4) is 0 Å². The highest BCUT2D eigenvalue weighted by atomic mass is 16.4. The molecule has 0 bridgehead atoms. The van der Waals surface area contributed by atoms with Gasteiger partial charge in [0, 0.05) is 24.4 Å². The first kappa shape index (κ1) is 11.0. The molecule has 3 N–H and O–H groups in total. The maximum atomic E-state index is 10.1. The van der Waals surface area contributed by atoms with Crippen LogP contribution in [0, 0.1) is 0 Å². The number of rotatable bonds is 5. The molecule has 0 rings (SSSR count). The molecule has 12 heavy (non-hydrogen) atoms. The molecule has 0 fully saturated rings. The molecule has 0 spiro atoms. The second-order valence-corrected chi connectivity index (χ2v) is 3.17. The maximum absolute atomic E-state index is 10.1. The molecular weight excluding hydrogens is 158 g/mol. The zero-order chi connectivity index (χ0) is 9.61. The lowest BCUT2D eigenvalue weighted by Crippen LogP contribution is -2.36. The molecule has 4 heteroatoms. The zero-order valence-electron chi connectivity index (χ0n) is 7.37. The van der Waals surface area contributed by atoms with Crippen LogP contribution in [0.25, 0.3) is 0 Å². The summed E-state index contributed by atoms with van der Waals surface area (Å²) in [6, 6.07) is 0. The van der Waals surface area contributed by atoms with Crippen LogP contribution in [0.1, 0.15) is 20.3 Å². The lowest BCUT2D eigenvalue weighted by molar-refractivity contribution is -0.131. The molecule has 0 saturated heterocycles. The summed E-state index contributed by atoms with van der Waals surface area (Å²) in [5.41, 5.74) is -0.263. The summed E-state index contributed by atoms with van der Waals surface area (Å²) >= 11 is 0. The summed E-state index contributed by atoms with van der Waals surface area (Å²) in [6.07, 6.45) is 2.98. The average Bonchev–Trinajstić information content (AvgIpc) is 1.85. The number of hydrogen-bond acceptors (Lipinski definition) is 3. The number of nitrogens with one attached hydrogen (secondary N) is 1.